The Kier molecular flexibility index (Phi) is 4.48. The van der Waals surface area contributed by atoms with Crippen molar-refractivity contribution in [1.82, 2.24) is 5.32 Å². The van der Waals surface area contributed by atoms with Crippen molar-refractivity contribution in [2.75, 3.05) is 6.54 Å². The normalized spacial score (nSPS) is 29.5. The number of hydrogen-bond donors (Lipinski definition) is 1. The lowest BCUT2D eigenvalue weighted by atomic mass is 9.94. The zero-order valence-electron chi connectivity index (χ0n) is 11.8. The number of hydrogen-bond acceptors (Lipinski definition) is 2. The van der Waals surface area contributed by atoms with Crippen molar-refractivity contribution in [3.63, 3.8) is 0 Å². The first-order valence-corrected chi connectivity index (χ1v) is 7.50. The summed E-state index contributed by atoms with van der Waals surface area (Å²) in [4.78, 5) is 0. The molecule has 1 aliphatic carbocycles. The smallest absolute Gasteiger partial charge is 0.0631 e. The molecule has 0 amide bonds. The van der Waals surface area contributed by atoms with E-state index in [9.17, 15) is 0 Å². The Hall–Kier alpha value is -0.0800. The second kappa shape index (κ2) is 5.71. The summed E-state index contributed by atoms with van der Waals surface area (Å²) in [7, 11) is 0. The number of nitrogens with one attached hydrogen (secondary N) is 1. The van der Waals surface area contributed by atoms with Crippen LogP contribution in [0.1, 0.15) is 65.7 Å². The Labute approximate surface area is 107 Å². The molecule has 1 saturated heterocycles. The van der Waals surface area contributed by atoms with Crippen molar-refractivity contribution < 1.29 is 4.74 Å². The summed E-state index contributed by atoms with van der Waals surface area (Å²) < 4.78 is 6.12. The third-order valence-electron chi connectivity index (χ3n) is 4.12. The summed E-state index contributed by atoms with van der Waals surface area (Å²) in [6, 6.07) is 0.843. The summed E-state index contributed by atoms with van der Waals surface area (Å²) in [5, 5.41) is 3.68. The van der Waals surface area contributed by atoms with Gasteiger partial charge in [-0.1, -0.05) is 13.3 Å². The summed E-state index contributed by atoms with van der Waals surface area (Å²) in [5.74, 6) is 0.819. The summed E-state index contributed by atoms with van der Waals surface area (Å²) in [6.45, 7) is 7.96. The Morgan fingerprint density at radius 3 is 2.59 bits per heavy atom. The molecule has 2 atom stereocenters. The molecule has 1 saturated carbocycles. The van der Waals surface area contributed by atoms with Gasteiger partial charge in [-0.05, 0) is 64.8 Å². The standard InChI is InChI=1S/C15H29NO/c1-4-5-12(11-16-13-6-7-13)10-14-8-9-15(2,3)17-14/h12-14,16H,4-11H2,1-3H3. The van der Waals surface area contributed by atoms with Gasteiger partial charge in [-0.15, -0.1) is 0 Å². The summed E-state index contributed by atoms with van der Waals surface area (Å²) >= 11 is 0. The molecule has 0 aromatic rings. The highest BCUT2D eigenvalue weighted by molar-refractivity contribution is 4.85. The van der Waals surface area contributed by atoms with Crippen LogP contribution in [-0.4, -0.2) is 24.3 Å². The topological polar surface area (TPSA) is 21.3 Å². The first-order valence-electron chi connectivity index (χ1n) is 7.50. The third-order valence-corrected chi connectivity index (χ3v) is 4.12. The van der Waals surface area contributed by atoms with E-state index in [0.717, 1.165) is 12.0 Å². The molecule has 2 aliphatic rings. The maximum absolute atomic E-state index is 6.12. The minimum Gasteiger partial charge on any atom is -0.372 e. The molecule has 2 rings (SSSR count). The van der Waals surface area contributed by atoms with Gasteiger partial charge in [0.25, 0.3) is 0 Å². The fourth-order valence-corrected chi connectivity index (χ4v) is 2.95. The van der Waals surface area contributed by atoms with Gasteiger partial charge in [-0.2, -0.15) is 0 Å². The van der Waals surface area contributed by atoms with Crippen LogP contribution in [0.2, 0.25) is 0 Å². The molecule has 2 nitrogen and oxygen atoms in total. The van der Waals surface area contributed by atoms with Crippen LogP contribution in [0.3, 0.4) is 0 Å². The zero-order chi connectivity index (χ0) is 12.3. The molecule has 0 aromatic heterocycles. The quantitative estimate of drug-likeness (QED) is 0.734. The lowest BCUT2D eigenvalue weighted by molar-refractivity contribution is -0.0249. The van der Waals surface area contributed by atoms with Gasteiger partial charge in [0.05, 0.1) is 11.7 Å². The summed E-state index contributed by atoms with van der Waals surface area (Å²) in [5.41, 5.74) is 0.130. The van der Waals surface area contributed by atoms with Crippen LogP contribution >= 0.6 is 0 Å². The highest BCUT2D eigenvalue weighted by atomic mass is 16.5. The van der Waals surface area contributed by atoms with Gasteiger partial charge in [0.2, 0.25) is 0 Å². The second-order valence-corrected chi connectivity index (χ2v) is 6.61. The van der Waals surface area contributed by atoms with Crippen LogP contribution in [0.25, 0.3) is 0 Å². The van der Waals surface area contributed by atoms with Crippen LogP contribution in [0.4, 0.5) is 0 Å². The van der Waals surface area contributed by atoms with Crippen molar-refractivity contribution in [2.45, 2.75) is 83.5 Å². The minimum absolute atomic E-state index is 0.130. The fourth-order valence-electron chi connectivity index (χ4n) is 2.95. The SMILES string of the molecule is CCCC(CNC1CC1)CC1CCC(C)(C)O1. The largest absolute Gasteiger partial charge is 0.372 e. The van der Waals surface area contributed by atoms with Crippen molar-refractivity contribution in [3.8, 4) is 0 Å². The van der Waals surface area contributed by atoms with E-state index in [0.29, 0.717) is 6.10 Å². The molecule has 1 heterocycles. The Bertz CT molecular complexity index is 235. The third kappa shape index (κ3) is 4.59. The van der Waals surface area contributed by atoms with E-state index in [1.54, 1.807) is 0 Å². The van der Waals surface area contributed by atoms with E-state index < -0.39 is 0 Å². The van der Waals surface area contributed by atoms with Crippen molar-refractivity contribution in [1.29, 1.82) is 0 Å². The van der Waals surface area contributed by atoms with E-state index in [1.165, 1.54) is 51.5 Å². The molecule has 0 radical (unpaired) electrons. The highest BCUT2D eigenvalue weighted by Crippen LogP contribution is 2.33. The van der Waals surface area contributed by atoms with Gasteiger partial charge < -0.3 is 10.1 Å². The molecular formula is C15H29NO. The molecule has 100 valence electrons. The molecule has 1 N–H and O–H groups in total. The summed E-state index contributed by atoms with van der Waals surface area (Å²) in [6.07, 6.45) is 9.70. The van der Waals surface area contributed by atoms with E-state index >= 15 is 0 Å². The predicted octanol–water partition coefficient (Wildman–Crippen LogP) is 3.50. The lowest BCUT2D eigenvalue weighted by Crippen LogP contribution is -2.28. The molecule has 2 heteroatoms. The Balaban J connectivity index is 1.71. The van der Waals surface area contributed by atoms with Crippen LogP contribution in [-0.2, 0) is 4.74 Å². The first-order chi connectivity index (χ1) is 8.09. The lowest BCUT2D eigenvalue weighted by Gasteiger charge is -2.23. The van der Waals surface area contributed by atoms with Crippen LogP contribution in [0, 0.1) is 5.92 Å². The Morgan fingerprint density at radius 2 is 2.06 bits per heavy atom. The second-order valence-electron chi connectivity index (χ2n) is 6.61. The molecule has 1 aliphatic heterocycles. The molecule has 2 fully saturated rings. The average molecular weight is 239 g/mol. The fraction of sp³-hybridized carbons (Fsp3) is 1.00. The van der Waals surface area contributed by atoms with Gasteiger partial charge in [0, 0.05) is 6.04 Å². The minimum atomic E-state index is 0.130. The van der Waals surface area contributed by atoms with Crippen LogP contribution < -0.4 is 5.32 Å². The molecule has 0 aromatic carbocycles. The van der Waals surface area contributed by atoms with Gasteiger partial charge >= 0.3 is 0 Å². The van der Waals surface area contributed by atoms with Gasteiger partial charge in [0.1, 0.15) is 0 Å². The maximum Gasteiger partial charge on any atom is 0.0631 e. The van der Waals surface area contributed by atoms with Gasteiger partial charge in [-0.3, -0.25) is 0 Å². The average Bonchev–Trinajstić information content (AvgIpc) is 3.01. The van der Waals surface area contributed by atoms with Crippen molar-refractivity contribution in [3.05, 3.63) is 0 Å². The van der Waals surface area contributed by atoms with Crippen molar-refractivity contribution >= 4 is 0 Å². The van der Waals surface area contributed by atoms with Gasteiger partial charge in [0.15, 0.2) is 0 Å². The highest BCUT2D eigenvalue weighted by Gasteiger charge is 2.33. The monoisotopic (exact) mass is 239 g/mol. The predicted molar refractivity (Wildman–Crippen MR) is 72.2 cm³/mol. The van der Waals surface area contributed by atoms with E-state index in [-0.39, 0.29) is 5.60 Å². The van der Waals surface area contributed by atoms with E-state index in [1.807, 2.05) is 0 Å². The maximum atomic E-state index is 6.12. The molecule has 2 unspecified atom stereocenters. The van der Waals surface area contributed by atoms with Gasteiger partial charge in [-0.25, -0.2) is 0 Å². The van der Waals surface area contributed by atoms with E-state index in [2.05, 4.69) is 26.1 Å². The van der Waals surface area contributed by atoms with E-state index in [4.69, 9.17) is 4.74 Å². The first kappa shape index (κ1) is 13.4. The van der Waals surface area contributed by atoms with Crippen LogP contribution in [0.15, 0.2) is 0 Å². The molecule has 17 heavy (non-hydrogen) atoms. The molecule has 0 bridgehead atoms. The Morgan fingerprint density at radius 1 is 1.29 bits per heavy atom. The molecule has 0 spiro atoms. The van der Waals surface area contributed by atoms with Crippen molar-refractivity contribution in [2.24, 2.45) is 5.92 Å². The zero-order valence-corrected chi connectivity index (χ0v) is 11.8. The number of ether oxygens (including phenoxy) is 1. The number of rotatable bonds is 7. The van der Waals surface area contributed by atoms with Crippen LogP contribution in [0.5, 0.6) is 0 Å². The molecular weight excluding hydrogens is 210 g/mol.